The van der Waals surface area contributed by atoms with E-state index in [4.69, 9.17) is 0 Å². The van der Waals surface area contributed by atoms with Gasteiger partial charge >= 0.3 is 6.18 Å². The van der Waals surface area contributed by atoms with E-state index < -0.39 is 121 Å². The number of hydrogen-bond acceptors (Lipinski definition) is 17. The predicted octanol–water partition coefficient (Wildman–Crippen LogP) is 9.71. The van der Waals surface area contributed by atoms with Gasteiger partial charge in [-0.3, -0.25) is 28.8 Å². The van der Waals surface area contributed by atoms with E-state index in [1.165, 1.54) is 49.3 Å². The Balaban J connectivity index is 0.000000254. The molecule has 6 aromatic rings. The van der Waals surface area contributed by atoms with Crippen LogP contribution in [0.5, 0.6) is 0 Å². The highest BCUT2D eigenvalue weighted by Crippen LogP contribution is 2.35. The van der Waals surface area contributed by atoms with Gasteiger partial charge in [0.2, 0.25) is 65.5 Å². The van der Waals surface area contributed by atoms with E-state index in [2.05, 4.69) is 31.9 Å². The summed E-state index contributed by atoms with van der Waals surface area (Å²) in [7, 11) is -10.8. The summed E-state index contributed by atoms with van der Waals surface area (Å²) in [5.74, 6) is -2.18. The van der Waals surface area contributed by atoms with E-state index in [0.29, 0.717) is 77.1 Å². The van der Waals surface area contributed by atoms with Gasteiger partial charge in [-0.05, 0) is 199 Å². The number of rotatable bonds is 34. The van der Waals surface area contributed by atoms with Crippen molar-refractivity contribution < 1.29 is 80.0 Å². The molecule has 0 aromatic heterocycles. The van der Waals surface area contributed by atoms with Crippen molar-refractivity contribution >= 4 is 75.4 Å². The number of nitrogens with zero attached hydrogens (tertiary/aromatic N) is 6. The first kappa shape index (κ1) is 102. The van der Waals surface area contributed by atoms with Crippen LogP contribution in [0.3, 0.4) is 0 Å². The third-order valence-electron chi connectivity index (χ3n) is 22.5. The van der Waals surface area contributed by atoms with Crippen molar-refractivity contribution in [3.05, 3.63) is 192 Å². The Labute approximate surface area is 725 Å². The van der Waals surface area contributed by atoms with Gasteiger partial charge in [-0.1, -0.05) is 159 Å². The lowest BCUT2D eigenvalue weighted by Gasteiger charge is -2.37. The van der Waals surface area contributed by atoms with Crippen molar-refractivity contribution in [1.29, 1.82) is 0 Å². The molecule has 6 aromatic carbocycles. The largest absolute Gasteiger partial charge is 0.416 e. The van der Waals surface area contributed by atoms with Gasteiger partial charge in [-0.2, -0.15) is 26.1 Å². The molecule has 26 nitrogen and oxygen atoms in total. The topological polar surface area (TPSA) is 331 Å². The standard InChI is InChI=1S/C30H41F3N4O4S.C30H44N4O6S2.C29H41FN4O4S/c1-21(34-5)27(38)35-26(29(2,3)4)28(39)37-17-10-14-24(37)20-36(18-16-22-11-7-6-8-12-22)42(40,41)25-15-9-13-23(19-25)30(31,32)33;1-22(31-5)28(35)32-27(30(2,3)4)29(36)34-19-10-13-24(34)21-33(20-18-23-11-8-7-9-12-23)42(39,40)26-16-14-25(15-17-26)41(6,37)38;1-21(31-5)27(35)32-26(29(2,3)4)28(36)34-18-9-12-24(34)20-33(19-17-22-10-7-6-8-11-22)39(37,38)25-15-13-23(30)14-16-25/h6-9,11-13,15,19,21,24,26,34H,10,14,16-18,20H2,1-5H3,(H,35,38);7-9,11-12,14-17,22,24,27,31H,10,13,18-21H2,1-6H3,(H,32,35);6-8,10-11,13-16,21,24,26,31H,9,12,17-20H2,1-5H3,(H,32,35)/t21-,24-,26+;22-,24-,27+;21-,24-,26+/m000/s1. The first-order valence-electron chi connectivity index (χ1n) is 41.6. The molecule has 3 fully saturated rings. The van der Waals surface area contributed by atoms with Crippen LogP contribution < -0.4 is 31.9 Å². The summed E-state index contributed by atoms with van der Waals surface area (Å²) in [6.45, 7) is 23.8. The molecule has 3 aliphatic heterocycles. The number of nitrogens with one attached hydrogen (secondary N) is 6. The van der Waals surface area contributed by atoms with Gasteiger partial charge in [0.25, 0.3) is 0 Å². The quantitative estimate of drug-likeness (QED) is 0.0205. The first-order valence-corrected chi connectivity index (χ1v) is 47.9. The molecule has 0 saturated carbocycles. The van der Waals surface area contributed by atoms with Crippen LogP contribution in [0.4, 0.5) is 17.6 Å². The first-order chi connectivity index (χ1) is 57.4. The lowest BCUT2D eigenvalue weighted by Crippen LogP contribution is -2.59. The summed E-state index contributed by atoms with van der Waals surface area (Å²) in [5, 5.41) is 17.3. The number of carbonyl (C=O) groups excluding carboxylic acids is 6. The Bertz CT molecular complexity index is 4970. The minimum Gasteiger partial charge on any atom is -0.342 e. The number of sulfone groups is 1. The SMILES string of the molecule is CN[C@@H](C)C(=O)N[C@H](C(=O)N1CCC[C@H]1CN(CCc1ccccc1)S(=O)(=O)c1ccc(F)cc1)C(C)(C)C.CN[C@@H](C)C(=O)N[C@H](C(=O)N1CCC[C@H]1CN(CCc1ccccc1)S(=O)(=O)c1ccc(S(C)(=O)=O)cc1)C(C)(C)C.CN[C@@H](C)C(=O)N[C@H](C(=O)N1CCC[C@H]1CN(CCc1ccccc1)S(=O)(=O)c1cccc(C(F)(F)F)c1)C(C)(C)C. The average Bonchev–Trinajstić information content (AvgIpc) is 1.49. The van der Waals surface area contributed by atoms with E-state index in [1.54, 1.807) is 56.6 Å². The monoisotopic (exact) mass is 1790 g/mol. The maximum atomic E-state index is 13.9. The van der Waals surface area contributed by atoms with Crippen LogP contribution in [0.25, 0.3) is 0 Å². The second-order valence-electron chi connectivity index (χ2n) is 35.0. The normalized spacial score (nSPS) is 17.7. The van der Waals surface area contributed by atoms with E-state index in [-0.39, 0.29) is 101 Å². The fourth-order valence-electron chi connectivity index (χ4n) is 14.7. The van der Waals surface area contributed by atoms with Gasteiger partial charge in [0, 0.05) is 83.3 Å². The van der Waals surface area contributed by atoms with Crippen LogP contribution in [-0.2, 0) is 94.1 Å². The van der Waals surface area contributed by atoms with Crippen LogP contribution in [-0.4, -0.2) is 237 Å². The zero-order valence-electron chi connectivity index (χ0n) is 73.6. The molecule has 9 rings (SSSR count). The molecule has 0 aliphatic carbocycles. The smallest absolute Gasteiger partial charge is 0.342 e. The van der Waals surface area contributed by atoms with E-state index in [0.717, 1.165) is 59.7 Å². The Morgan fingerprint density at radius 2 is 0.675 bits per heavy atom. The van der Waals surface area contributed by atoms with Crippen LogP contribution in [0.15, 0.2) is 183 Å². The summed E-state index contributed by atoms with van der Waals surface area (Å²) in [5.41, 5.74) is 0.0155. The minimum absolute atomic E-state index is 0.00807. The maximum absolute atomic E-state index is 13.9. The summed E-state index contributed by atoms with van der Waals surface area (Å²) >= 11 is 0. The molecule has 34 heteroatoms. The third-order valence-corrected chi connectivity index (χ3v) is 29.3. The molecule has 0 radical (unpaired) electrons. The van der Waals surface area contributed by atoms with Crippen molar-refractivity contribution in [3.8, 4) is 0 Å². The third kappa shape index (κ3) is 28.5. The molecule has 3 saturated heterocycles. The van der Waals surface area contributed by atoms with E-state index in [1.807, 2.05) is 153 Å². The molecule has 3 heterocycles. The Hall–Kier alpha value is -8.58. The van der Waals surface area contributed by atoms with Gasteiger partial charge in [0.05, 0.1) is 43.3 Å². The number of halogens is 4. The highest BCUT2D eigenvalue weighted by Gasteiger charge is 2.46. The summed E-state index contributed by atoms with van der Waals surface area (Å²) in [6.07, 6.45) is 1.51. The number of sulfonamides is 3. The maximum Gasteiger partial charge on any atom is 0.416 e. The number of amides is 6. The molecule has 123 heavy (non-hydrogen) atoms. The predicted molar refractivity (Wildman–Crippen MR) is 468 cm³/mol. The number of likely N-dealkylation sites (N-methyl/N-ethyl adjacent to an activating group) is 3. The molecular weight excluding hydrogens is 1670 g/mol. The van der Waals surface area contributed by atoms with Crippen molar-refractivity contribution in [2.75, 3.05) is 86.3 Å². The summed E-state index contributed by atoms with van der Waals surface area (Å²) in [6, 6.07) is 36.9. The van der Waals surface area contributed by atoms with E-state index in [9.17, 15) is 80.0 Å². The Morgan fingerprint density at radius 3 is 0.943 bits per heavy atom. The summed E-state index contributed by atoms with van der Waals surface area (Å²) < 4.78 is 165. The average molecular weight is 1790 g/mol. The fourth-order valence-corrected chi connectivity index (χ4v) is 19.8. The van der Waals surface area contributed by atoms with E-state index >= 15 is 0 Å². The Morgan fingerprint density at radius 1 is 0.398 bits per heavy atom. The number of likely N-dealkylation sites (tertiary alicyclic amines) is 3. The molecule has 9 atom stereocenters. The number of carbonyl (C=O) groups is 6. The van der Waals surface area contributed by atoms with Gasteiger partial charge in [-0.25, -0.2) is 38.1 Å². The number of alkyl halides is 3. The fraction of sp³-hybridized carbons (Fsp3) is 0.528. The van der Waals surface area contributed by atoms with Gasteiger partial charge in [-0.15, -0.1) is 0 Å². The molecular formula is C89H126F4N12O14S4. The van der Waals surface area contributed by atoms with Crippen molar-refractivity contribution in [2.45, 2.75) is 221 Å². The van der Waals surface area contributed by atoms with Crippen molar-refractivity contribution in [3.63, 3.8) is 0 Å². The van der Waals surface area contributed by atoms with Crippen LogP contribution in [0, 0.1) is 22.1 Å². The van der Waals surface area contributed by atoms with Gasteiger partial charge < -0.3 is 46.6 Å². The molecule has 678 valence electrons. The Kier molecular flexibility index (Phi) is 36.3. The van der Waals surface area contributed by atoms with Crippen LogP contribution >= 0.6 is 0 Å². The zero-order chi connectivity index (χ0) is 91.4. The summed E-state index contributed by atoms with van der Waals surface area (Å²) in [4.78, 5) is 84.4. The zero-order valence-corrected chi connectivity index (χ0v) is 76.8. The molecule has 0 unspecified atom stereocenters. The molecule has 6 N–H and O–H groups in total. The highest BCUT2D eigenvalue weighted by atomic mass is 32.2. The second-order valence-corrected chi connectivity index (χ2v) is 42.8. The number of hydrogen-bond donors (Lipinski definition) is 6. The minimum atomic E-state index is -4.70. The van der Waals surface area contributed by atoms with Crippen molar-refractivity contribution in [2.24, 2.45) is 16.2 Å². The lowest BCUT2D eigenvalue weighted by molar-refractivity contribution is -0.140. The second kappa shape index (κ2) is 44.0. The van der Waals surface area contributed by atoms with Crippen LogP contribution in [0.2, 0.25) is 0 Å². The lowest BCUT2D eigenvalue weighted by atomic mass is 9.85. The van der Waals surface area contributed by atoms with Crippen LogP contribution in [0.1, 0.15) is 144 Å². The molecule has 0 bridgehead atoms. The molecule has 6 amide bonds. The molecule has 3 aliphatic rings. The van der Waals surface area contributed by atoms with Crippen molar-refractivity contribution in [1.82, 2.24) is 59.5 Å². The molecule has 0 spiro atoms. The number of benzene rings is 6. The van der Waals surface area contributed by atoms with Gasteiger partial charge in [0.15, 0.2) is 9.84 Å². The van der Waals surface area contributed by atoms with Gasteiger partial charge in [0.1, 0.15) is 23.9 Å². The highest BCUT2D eigenvalue weighted by molar-refractivity contribution is 7.91.